The van der Waals surface area contributed by atoms with Crippen LogP contribution in [0.2, 0.25) is 0 Å². The number of hydrogen-bond donors (Lipinski definition) is 0. The fourth-order valence-electron chi connectivity index (χ4n) is 5.00. The topological polar surface area (TPSA) is 3.24 Å². The number of fused-ring (bicyclic) bond motifs is 5. The highest BCUT2D eigenvalue weighted by Crippen LogP contribution is 2.39. The molecule has 0 amide bonds. The molecule has 1 nitrogen and oxygen atoms in total. The molecule has 5 rings (SSSR count). The van der Waals surface area contributed by atoms with Crippen molar-refractivity contribution in [2.45, 2.75) is 32.0 Å². The first kappa shape index (κ1) is 15.0. The third kappa shape index (κ3) is 2.01. The first-order valence-corrected chi connectivity index (χ1v) is 11.7. The fraction of sp³-hybridized carbons (Fsp3) is 0.217. The number of anilines is 2. The van der Waals surface area contributed by atoms with E-state index in [1.165, 1.54) is 23.5 Å². The number of benzene rings is 3. The van der Waals surface area contributed by atoms with Gasteiger partial charge in [0.15, 0.2) is 0 Å². The van der Waals surface area contributed by atoms with Crippen LogP contribution in [-0.2, 0) is 12.1 Å². The fourth-order valence-corrected chi connectivity index (χ4v) is 10.4. The highest BCUT2D eigenvalue weighted by Gasteiger charge is 2.49. The van der Waals surface area contributed by atoms with Gasteiger partial charge in [0.2, 0.25) is 0 Å². The zero-order valence-corrected chi connectivity index (χ0v) is 15.9. The predicted octanol–water partition coefficient (Wildman–Crippen LogP) is 3.99. The van der Waals surface area contributed by atoms with Crippen LogP contribution in [0, 0.1) is 0 Å². The van der Waals surface area contributed by atoms with E-state index >= 15 is 0 Å². The van der Waals surface area contributed by atoms with Gasteiger partial charge in [-0.05, 0) is 59.6 Å². The third-order valence-corrected chi connectivity index (χ3v) is 10.9. The van der Waals surface area contributed by atoms with Crippen LogP contribution in [0.5, 0.6) is 0 Å². The molecule has 0 aromatic heterocycles. The normalized spacial score (nSPS) is 16.7. The second kappa shape index (κ2) is 5.34. The summed E-state index contributed by atoms with van der Waals surface area (Å²) in [5, 5.41) is 3.25. The SMILES string of the molecule is CC(C)N1c2ccccc2[Si]2(Cc3ccccc3C2)c2ccccc21. The molecule has 3 aromatic carbocycles. The lowest BCUT2D eigenvalue weighted by Gasteiger charge is -2.44. The Morgan fingerprint density at radius 2 is 1.12 bits per heavy atom. The van der Waals surface area contributed by atoms with E-state index in [0.29, 0.717) is 6.04 Å². The Hall–Kier alpha value is -2.32. The van der Waals surface area contributed by atoms with Crippen molar-refractivity contribution in [3.8, 4) is 0 Å². The Bertz CT molecular complexity index is 885. The van der Waals surface area contributed by atoms with E-state index in [4.69, 9.17) is 0 Å². The van der Waals surface area contributed by atoms with Crippen LogP contribution in [0.15, 0.2) is 72.8 Å². The molecule has 0 fully saturated rings. The van der Waals surface area contributed by atoms with Crippen LogP contribution < -0.4 is 15.3 Å². The molecule has 0 N–H and O–H groups in total. The largest absolute Gasteiger partial charge is 0.339 e. The summed E-state index contributed by atoms with van der Waals surface area (Å²) in [5.41, 5.74) is 6.01. The van der Waals surface area contributed by atoms with E-state index in [9.17, 15) is 0 Å². The van der Waals surface area contributed by atoms with E-state index < -0.39 is 8.07 Å². The minimum absolute atomic E-state index is 0.456. The maximum absolute atomic E-state index is 2.55. The summed E-state index contributed by atoms with van der Waals surface area (Å²) in [5.74, 6) is 0. The molecule has 2 heterocycles. The smallest absolute Gasteiger partial charge is 0.132 e. The van der Waals surface area contributed by atoms with Gasteiger partial charge in [0.1, 0.15) is 8.07 Å². The van der Waals surface area contributed by atoms with Crippen molar-refractivity contribution < 1.29 is 0 Å². The Balaban J connectivity index is 1.81. The maximum atomic E-state index is 2.55. The van der Waals surface area contributed by atoms with Gasteiger partial charge in [-0.2, -0.15) is 0 Å². The van der Waals surface area contributed by atoms with Crippen LogP contribution in [0.1, 0.15) is 25.0 Å². The average Bonchev–Trinajstić information content (AvgIpc) is 3.02. The molecule has 0 unspecified atom stereocenters. The summed E-state index contributed by atoms with van der Waals surface area (Å²) in [7, 11) is -1.79. The minimum atomic E-state index is -1.79. The minimum Gasteiger partial charge on any atom is -0.339 e. The molecule has 0 radical (unpaired) electrons. The molecule has 3 aromatic rings. The lowest BCUT2D eigenvalue weighted by atomic mass is 10.1. The molecule has 0 saturated heterocycles. The quantitative estimate of drug-likeness (QED) is 0.605. The molecule has 25 heavy (non-hydrogen) atoms. The van der Waals surface area contributed by atoms with Gasteiger partial charge < -0.3 is 4.90 Å². The van der Waals surface area contributed by atoms with Crippen molar-refractivity contribution in [3.63, 3.8) is 0 Å². The van der Waals surface area contributed by atoms with Gasteiger partial charge >= 0.3 is 0 Å². The summed E-state index contributed by atoms with van der Waals surface area (Å²) in [6.45, 7) is 4.60. The van der Waals surface area contributed by atoms with Crippen LogP contribution in [-0.4, -0.2) is 14.1 Å². The number of hydrogen-bond acceptors (Lipinski definition) is 1. The van der Waals surface area contributed by atoms with E-state index in [1.54, 1.807) is 21.5 Å². The highest BCUT2D eigenvalue weighted by atomic mass is 28.3. The first-order chi connectivity index (χ1) is 12.2. The number of rotatable bonds is 1. The van der Waals surface area contributed by atoms with Crippen molar-refractivity contribution in [1.29, 1.82) is 0 Å². The van der Waals surface area contributed by atoms with Gasteiger partial charge in [0.25, 0.3) is 0 Å². The van der Waals surface area contributed by atoms with Gasteiger partial charge in [-0.15, -0.1) is 0 Å². The van der Waals surface area contributed by atoms with Gasteiger partial charge in [-0.3, -0.25) is 0 Å². The lowest BCUT2D eigenvalue weighted by Crippen LogP contribution is -2.65. The number of nitrogens with zero attached hydrogens (tertiary/aromatic N) is 1. The van der Waals surface area contributed by atoms with E-state index in [1.807, 2.05) is 0 Å². The van der Waals surface area contributed by atoms with Crippen molar-refractivity contribution in [1.82, 2.24) is 0 Å². The molecule has 2 heteroatoms. The zero-order valence-electron chi connectivity index (χ0n) is 14.9. The molecule has 124 valence electrons. The van der Waals surface area contributed by atoms with E-state index in [0.717, 1.165) is 0 Å². The predicted molar refractivity (Wildman–Crippen MR) is 109 cm³/mol. The Morgan fingerprint density at radius 3 is 1.60 bits per heavy atom. The second-order valence-corrected chi connectivity index (χ2v) is 11.7. The molecule has 2 aliphatic rings. The number of para-hydroxylation sites is 2. The summed E-state index contributed by atoms with van der Waals surface area (Å²) in [6.07, 6.45) is 0. The molecule has 0 saturated carbocycles. The van der Waals surface area contributed by atoms with Gasteiger partial charge in [-0.1, -0.05) is 60.7 Å². The van der Waals surface area contributed by atoms with Crippen LogP contribution in [0.3, 0.4) is 0 Å². The summed E-state index contributed by atoms with van der Waals surface area (Å²) < 4.78 is 0. The lowest BCUT2D eigenvalue weighted by molar-refractivity contribution is 0.790. The third-order valence-electron chi connectivity index (χ3n) is 5.98. The molecule has 0 bridgehead atoms. The zero-order chi connectivity index (χ0) is 17.0. The first-order valence-electron chi connectivity index (χ1n) is 9.26. The Labute approximate surface area is 150 Å². The second-order valence-electron chi connectivity index (χ2n) is 7.70. The summed E-state index contributed by atoms with van der Waals surface area (Å²) >= 11 is 0. The Morgan fingerprint density at radius 1 is 0.680 bits per heavy atom. The van der Waals surface area contributed by atoms with Crippen LogP contribution >= 0.6 is 0 Å². The standard InChI is InChI=1S/C23H23NSi/c1-17(2)24-20-11-5-7-13-22(20)25(23-14-8-6-12-21(23)24)15-18-9-3-4-10-19(18)16-25/h3-14,17H,15-16H2,1-2H3. The molecule has 1 spiro atoms. The van der Waals surface area contributed by atoms with Crippen molar-refractivity contribution >= 4 is 29.8 Å². The molecule has 0 atom stereocenters. The van der Waals surface area contributed by atoms with Crippen molar-refractivity contribution in [2.75, 3.05) is 4.90 Å². The highest BCUT2D eigenvalue weighted by molar-refractivity contribution is 7.04. The van der Waals surface area contributed by atoms with Crippen molar-refractivity contribution in [2.24, 2.45) is 0 Å². The van der Waals surface area contributed by atoms with Crippen molar-refractivity contribution in [3.05, 3.63) is 83.9 Å². The van der Waals surface area contributed by atoms with E-state index in [-0.39, 0.29) is 0 Å². The molecule has 0 aliphatic carbocycles. The van der Waals surface area contributed by atoms with Gasteiger partial charge in [0, 0.05) is 17.4 Å². The Kier molecular flexibility index (Phi) is 3.20. The average molecular weight is 342 g/mol. The summed E-state index contributed by atoms with van der Waals surface area (Å²) in [6, 6.07) is 30.4. The molecule has 2 aliphatic heterocycles. The van der Waals surface area contributed by atoms with Crippen LogP contribution in [0.25, 0.3) is 0 Å². The van der Waals surface area contributed by atoms with Gasteiger partial charge in [-0.25, -0.2) is 0 Å². The maximum Gasteiger partial charge on any atom is 0.132 e. The summed E-state index contributed by atoms with van der Waals surface area (Å²) in [4.78, 5) is 2.55. The van der Waals surface area contributed by atoms with E-state index in [2.05, 4.69) is 91.5 Å². The molecular weight excluding hydrogens is 318 g/mol. The van der Waals surface area contributed by atoms with Crippen LogP contribution in [0.4, 0.5) is 11.4 Å². The monoisotopic (exact) mass is 341 g/mol. The van der Waals surface area contributed by atoms with Gasteiger partial charge in [0.05, 0.1) is 0 Å². The molecular formula is C23H23NSi.